The summed E-state index contributed by atoms with van der Waals surface area (Å²) in [6.45, 7) is 11.8. The number of hydrogen-bond acceptors (Lipinski definition) is 1. The van der Waals surface area contributed by atoms with Crippen molar-refractivity contribution < 1.29 is 4.43 Å². The Morgan fingerprint density at radius 2 is 1.74 bits per heavy atom. The lowest BCUT2D eigenvalue weighted by Gasteiger charge is -2.46. The zero-order valence-corrected chi connectivity index (χ0v) is 14.6. The van der Waals surface area contributed by atoms with Crippen molar-refractivity contribution in [2.45, 2.75) is 90.5 Å². The molecule has 0 amide bonds. The van der Waals surface area contributed by atoms with Crippen LogP contribution in [0.5, 0.6) is 0 Å². The van der Waals surface area contributed by atoms with Crippen molar-refractivity contribution in [1.82, 2.24) is 0 Å². The van der Waals surface area contributed by atoms with E-state index in [0.717, 1.165) is 0 Å². The van der Waals surface area contributed by atoms with Crippen LogP contribution in [0, 0.1) is 5.41 Å². The van der Waals surface area contributed by atoms with Crippen molar-refractivity contribution in [3.63, 3.8) is 0 Å². The average molecular weight is 281 g/mol. The molecule has 2 aliphatic carbocycles. The molecule has 2 aliphatic rings. The molecule has 0 saturated heterocycles. The molecule has 0 N–H and O–H groups in total. The number of hydrogen-bond donors (Lipinski definition) is 0. The van der Waals surface area contributed by atoms with E-state index >= 15 is 0 Å². The summed E-state index contributed by atoms with van der Waals surface area (Å²) in [5.74, 6) is 0. The minimum absolute atomic E-state index is 0.121. The van der Waals surface area contributed by atoms with Gasteiger partial charge in [0.15, 0.2) is 8.32 Å². The van der Waals surface area contributed by atoms with Gasteiger partial charge >= 0.3 is 0 Å². The third-order valence-electron chi connectivity index (χ3n) is 6.37. The third-order valence-corrected chi connectivity index (χ3v) is 11.0. The first-order valence-corrected chi connectivity index (χ1v) is 10.9. The van der Waals surface area contributed by atoms with E-state index in [9.17, 15) is 0 Å². The van der Waals surface area contributed by atoms with Gasteiger partial charge in [-0.3, -0.25) is 0 Å². The quantitative estimate of drug-likeness (QED) is 0.465. The summed E-state index contributed by atoms with van der Waals surface area (Å²) in [6.07, 6.45) is 8.99. The van der Waals surface area contributed by atoms with E-state index in [-0.39, 0.29) is 5.60 Å². The molecule has 2 heteroatoms. The predicted octanol–water partition coefficient (Wildman–Crippen LogP) is 5.68. The van der Waals surface area contributed by atoms with Gasteiger partial charge in [0.25, 0.3) is 0 Å². The molecule has 0 aliphatic heterocycles. The molecular formula is C17H32OSi. The molecule has 2 fully saturated rings. The minimum atomic E-state index is -1.52. The van der Waals surface area contributed by atoms with Gasteiger partial charge in [-0.1, -0.05) is 33.8 Å². The zero-order valence-electron chi connectivity index (χ0n) is 13.6. The van der Waals surface area contributed by atoms with Gasteiger partial charge in [0.05, 0.1) is 5.60 Å². The Balaban J connectivity index is 2.38. The van der Waals surface area contributed by atoms with Crippen LogP contribution in [-0.4, -0.2) is 13.9 Å². The fourth-order valence-corrected chi connectivity index (χ4v) is 7.82. The lowest BCUT2D eigenvalue weighted by atomic mass is 9.77. The van der Waals surface area contributed by atoms with Crippen molar-refractivity contribution in [3.8, 4) is 0 Å². The van der Waals surface area contributed by atoms with Gasteiger partial charge in [-0.05, 0) is 68.1 Å². The van der Waals surface area contributed by atoms with E-state index < -0.39 is 8.32 Å². The van der Waals surface area contributed by atoms with Gasteiger partial charge in [0.1, 0.15) is 0 Å². The van der Waals surface area contributed by atoms with Gasteiger partial charge in [-0.2, -0.15) is 0 Å². The molecule has 2 rings (SSSR count). The van der Waals surface area contributed by atoms with Gasteiger partial charge in [-0.25, -0.2) is 0 Å². The SMILES string of the molecule is C/C=C1\CC[C@]2(C)CCC[C@]12O[Si](CC)(CC)CC. The van der Waals surface area contributed by atoms with Crippen molar-refractivity contribution in [3.05, 3.63) is 11.6 Å². The second-order valence-electron chi connectivity index (χ2n) is 6.90. The molecule has 0 spiro atoms. The van der Waals surface area contributed by atoms with Gasteiger partial charge in [-0.15, -0.1) is 0 Å². The van der Waals surface area contributed by atoms with Crippen molar-refractivity contribution in [1.29, 1.82) is 0 Å². The van der Waals surface area contributed by atoms with Gasteiger partial charge in [0, 0.05) is 0 Å². The molecule has 1 nitrogen and oxygen atoms in total. The zero-order chi connectivity index (χ0) is 14.1. The summed E-state index contributed by atoms with van der Waals surface area (Å²) in [7, 11) is -1.52. The number of allylic oxidation sites excluding steroid dienone is 1. The van der Waals surface area contributed by atoms with Crippen LogP contribution in [-0.2, 0) is 4.43 Å². The fraction of sp³-hybridized carbons (Fsp3) is 0.882. The molecule has 0 radical (unpaired) electrons. The standard InChI is InChI=1S/C17H32OSi/c1-6-15-11-14-16(5)12-10-13-17(15,16)18-19(7-2,8-3)9-4/h6H,7-14H2,1-5H3/b15-6+/t16-,17-/m0/s1. The Morgan fingerprint density at radius 3 is 2.26 bits per heavy atom. The second-order valence-corrected chi connectivity index (χ2v) is 11.6. The van der Waals surface area contributed by atoms with E-state index in [1.165, 1.54) is 50.2 Å². The maximum absolute atomic E-state index is 7.14. The first-order chi connectivity index (χ1) is 9.01. The monoisotopic (exact) mass is 280 g/mol. The summed E-state index contributed by atoms with van der Waals surface area (Å²) in [6, 6.07) is 3.82. The molecular weight excluding hydrogens is 248 g/mol. The molecule has 0 aromatic heterocycles. The topological polar surface area (TPSA) is 9.23 Å². The normalized spacial score (nSPS) is 37.0. The van der Waals surface area contributed by atoms with Crippen LogP contribution >= 0.6 is 0 Å². The van der Waals surface area contributed by atoms with Crippen LogP contribution in [0.3, 0.4) is 0 Å². The van der Waals surface area contributed by atoms with Crippen molar-refractivity contribution in [2.75, 3.05) is 0 Å². The molecule has 19 heavy (non-hydrogen) atoms. The summed E-state index contributed by atoms with van der Waals surface area (Å²) < 4.78 is 7.14. The second kappa shape index (κ2) is 5.36. The summed E-state index contributed by atoms with van der Waals surface area (Å²) in [5, 5.41) is 0. The van der Waals surface area contributed by atoms with E-state index in [4.69, 9.17) is 4.43 Å². The molecule has 0 bridgehead atoms. The van der Waals surface area contributed by atoms with Crippen LogP contribution < -0.4 is 0 Å². The summed E-state index contributed by atoms with van der Waals surface area (Å²) >= 11 is 0. The fourth-order valence-electron chi connectivity index (χ4n) is 4.67. The molecule has 0 unspecified atom stereocenters. The Hall–Kier alpha value is -0.0831. The van der Waals surface area contributed by atoms with Crippen LogP contribution in [0.2, 0.25) is 18.1 Å². The number of fused-ring (bicyclic) bond motifs is 1. The molecule has 2 saturated carbocycles. The Kier molecular flexibility index (Phi) is 4.32. The predicted molar refractivity (Wildman–Crippen MR) is 86.0 cm³/mol. The smallest absolute Gasteiger partial charge is 0.193 e. The third kappa shape index (κ3) is 2.15. The van der Waals surface area contributed by atoms with E-state index in [1.807, 2.05) is 0 Å². The van der Waals surface area contributed by atoms with Crippen molar-refractivity contribution in [2.24, 2.45) is 5.41 Å². The van der Waals surface area contributed by atoms with Crippen LogP contribution in [0.15, 0.2) is 11.6 Å². The number of rotatable bonds is 5. The lowest BCUT2D eigenvalue weighted by Crippen LogP contribution is -2.51. The van der Waals surface area contributed by atoms with Crippen LogP contribution in [0.25, 0.3) is 0 Å². The maximum atomic E-state index is 7.14. The first kappa shape index (κ1) is 15.3. The molecule has 0 aromatic carbocycles. The highest BCUT2D eigenvalue weighted by molar-refractivity contribution is 6.73. The highest BCUT2D eigenvalue weighted by Gasteiger charge is 2.60. The highest BCUT2D eigenvalue weighted by atomic mass is 28.4. The molecule has 2 atom stereocenters. The van der Waals surface area contributed by atoms with E-state index in [0.29, 0.717) is 5.41 Å². The molecule has 0 aromatic rings. The molecule has 110 valence electrons. The Labute approximate surface area is 120 Å². The van der Waals surface area contributed by atoms with Gasteiger partial charge < -0.3 is 4.43 Å². The highest BCUT2D eigenvalue weighted by Crippen LogP contribution is 2.62. The Bertz CT molecular complexity index is 350. The minimum Gasteiger partial charge on any atom is -0.407 e. The van der Waals surface area contributed by atoms with Crippen LogP contribution in [0.4, 0.5) is 0 Å². The summed E-state index contributed by atoms with van der Waals surface area (Å²) in [5.41, 5.74) is 2.17. The lowest BCUT2D eigenvalue weighted by molar-refractivity contribution is 0.0164. The summed E-state index contributed by atoms with van der Waals surface area (Å²) in [4.78, 5) is 0. The first-order valence-electron chi connectivity index (χ1n) is 8.37. The average Bonchev–Trinajstić information content (AvgIpc) is 2.87. The van der Waals surface area contributed by atoms with E-state index in [2.05, 4.69) is 40.7 Å². The van der Waals surface area contributed by atoms with Crippen LogP contribution in [0.1, 0.15) is 66.7 Å². The maximum Gasteiger partial charge on any atom is 0.193 e. The Morgan fingerprint density at radius 1 is 1.11 bits per heavy atom. The van der Waals surface area contributed by atoms with Crippen molar-refractivity contribution >= 4 is 8.32 Å². The molecule has 0 heterocycles. The van der Waals surface area contributed by atoms with Gasteiger partial charge in [0.2, 0.25) is 0 Å². The van der Waals surface area contributed by atoms with E-state index in [1.54, 1.807) is 5.57 Å². The largest absolute Gasteiger partial charge is 0.407 e.